The number of likely N-dealkylation sites (N-methyl/N-ethyl adjacent to an activating group) is 1. The van der Waals surface area contributed by atoms with Gasteiger partial charge >= 0.3 is 0 Å². The first-order chi connectivity index (χ1) is 9.04. The van der Waals surface area contributed by atoms with Gasteiger partial charge in [-0.3, -0.25) is 9.48 Å². The fourth-order valence-electron chi connectivity index (χ4n) is 1.74. The second-order valence-electron chi connectivity index (χ2n) is 4.36. The van der Waals surface area contributed by atoms with Crippen molar-refractivity contribution in [1.82, 2.24) is 14.7 Å². The summed E-state index contributed by atoms with van der Waals surface area (Å²) in [4.78, 5) is 13.5. The van der Waals surface area contributed by atoms with Gasteiger partial charge in [0.15, 0.2) is 0 Å². The Morgan fingerprint density at radius 1 is 1.47 bits per heavy atom. The van der Waals surface area contributed by atoms with E-state index in [1.165, 1.54) is 4.68 Å². The summed E-state index contributed by atoms with van der Waals surface area (Å²) in [7, 11) is 1.71. The summed E-state index contributed by atoms with van der Waals surface area (Å²) < 4.78 is 1.50. The molecule has 3 N–H and O–H groups in total. The number of nitrogens with zero attached hydrogens (tertiary/aromatic N) is 3. The zero-order chi connectivity index (χ0) is 13.8. The first-order valence-electron chi connectivity index (χ1n) is 5.85. The van der Waals surface area contributed by atoms with Crippen LogP contribution in [0.5, 0.6) is 5.75 Å². The van der Waals surface area contributed by atoms with E-state index < -0.39 is 0 Å². The lowest BCUT2D eigenvalue weighted by Gasteiger charge is -2.17. The molecule has 0 atom stereocenters. The van der Waals surface area contributed by atoms with E-state index in [4.69, 9.17) is 5.73 Å². The first-order valence-corrected chi connectivity index (χ1v) is 5.85. The number of phenols is 1. The number of hydrogen-bond acceptors (Lipinski definition) is 4. The minimum atomic E-state index is -0.0774. The van der Waals surface area contributed by atoms with Gasteiger partial charge in [-0.05, 0) is 23.8 Å². The lowest BCUT2D eigenvalue weighted by atomic mass is 10.2. The third-order valence-electron chi connectivity index (χ3n) is 2.71. The quantitative estimate of drug-likeness (QED) is 0.852. The van der Waals surface area contributed by atoms with Crippen molar-refractivity contribution in [3.8, 4) is 5.75 Å². The Morgan fingerprint density at radius 2 is 2.26 bits per heavy atom. The van der Waals surface area contributed by atoms with Crippen molar-refractivity contribution < 1.29 is 9.90 Å². The zero-order valence-electron chi connectivity index (χ0n) is 10.7. The Bertz CT molecular complexity index is 580. The maximum absolute atomic E-state index is 12.0. The lowest BCUT2D eigenvalue weighted by molar-refractivity contribution is -0.131. The number of rotatable bonds is 4. The largest absolute Gasteiger partial charge is 0.508 e. The van der Waals surface area contributed by atoms with Gasteiger partial charge in [-0.25, -0.2) is 0 Å². The molecule has 100 valence electrons. The molecule has 2 rings (SSSR count). The number of phenolic OH excluding ortho intramolecular Hbond substituents is 1. The number of nitrogens with two attached hydrogens (primary N) is 1. The number of carbonyl (C=O) groups is 1. The van der Waals surface area contributed by atoms with Crippen LogP contribution in [-0.2, 0) is 17.9 Å². The normalized spacial score (nSPS) is 10.4. The smallest absolute Gasteiger partial charge is 0.244 e. The van der Waals surface area contributed by atoms with E-state index in [1.54, 1.807) is 42.4 Å². The number of carbonyl (C=O) groups excluding carboxylic acids is 1. The summed E-state index contributed by atoms with van der Waals surface area (Å²) in [5, 5.41) is 13.3. The number of aromatic hydroxyl groups is 1. The van der Waals surface area contributed by atoms with Crippen molar-refractivity contribution in [2.45, 2.75) is 13.1 Å². The van der Waals surface area contributed by atoms with Crippen LogP contribution in [0.2, 0.25) is 0 Å². The monoisotopic (exact) mass is 260 g/mol. The highest BCUT2D eigenvalue weighted by atomic mass is 16.3. The van der Waals surface area contributed by atoms with Gasteiger partial charge in [-0.15, -0.1) is 0 Å². The van der Waals surface area contributed by atoms with Gasteiger partial charge in [0.1, 0.15) is 18.1 Å². The summed E-state index contributed by atoms with van der Waals surface area (Å²) in [6, 6.07) is 8.47. The van der Waals surface area contributed by atoms with E-state index in [1.807, 2.05) is 6.07 Å². The van der Waals surface area contributed by atoms with Crippen LogP contribution in [0.25, 0.3) is 0 Å². The van der Waals surface area contributed by atoms with Crippen molar-refractivity contribution in [1.29, 1.82) is 0 Å². The summed E-state index contributed by atoms with van der Waals surface area (Å²) in [6.45, 7) is 0.580. The fraction of sp³-hybridized carbons (Fsp3) is 0.231. The van der Waals surface area contributed by atoms with Gasteiger partial charge in [0.25, 0.3) is 0 Å². The Labute approximate surface area is 111 Å². The SMILES string of the molecule is CN(Cc1cccc(O)c1)C(=O)Cn1ccc(N)n1. The first kappa shape index (κ1) is 12.9. The highest BCUT2D eigenvalue weighted by Gasteiger charge is 2.10. The molecular formula is C13H16N4O2. The molecule has 6 heteroatoms. The van der Waals surface area contributed by atoms with Crippen molar-refractivity contribution in [3.63, 3.8) is 0 Å². The minimum Gasteiger partial charge on any atom is -0.508 e. The van der Waals surface area contributed by atoms with E-state index in [-0.39, 0.29) is 18.2 Å². The van der Waals surface area contributed by atoms with E-state index in [0.717, 1.165) is 5.56 Å². The molecule has 0 aliphatic heterocycles. The van der Waals surface area contributed by atoms with Crippen molar-refractivity contribution in [2.24, 2.45) is 0 Å². The third kappa shape index (κ3) is 3.48. The van der Waals surface area contributed by atoms with Gasteiger partial charge in [0.05, 0.1) is 0 Å². The number of hydrogen-bond donors (Lipinski definition) is 2. The molecule has 0 aliphatic carbocycles. The summed E-state index contributed by atoms with van der Waals surface area (Å²) in [5.41, 5.74) is 6.36. The highest BCUT2D eigenvalue weighted by molar-refractivity contribution is 5.75. The minimum absolute atomic E-state index is 0.0774. The van der Waals surface area contributed by atoms with E-state index in [2.05, 4.69) is 5.10 Å². The molecule has 0 spiro atoms. The maximum atomic E-state index is 12.0. The summed E-state index contributed by atoms with van der Waals surface area (Å²) >= 11 is 0. The second kappa shape index (κ2) is 5.43. The molecule has 0 aliphatic rings. The average molecular weight is 260 g/mol. The molecule has 0 unspecified atom stereocenters. The van der Waals surface area contributed by atoms with Crippen LogP contribution in [0.3, 0.4) is 0 Å². The average Bonchev–Trinajstić information content (AvgIpc) is 2.74. The third-order valence-corrected chi connectivity index (χ3v) is 2.71. The van der Waals surface area contributed by atoms with Crippen molar-refractivity contribution in [2.75, 3.05) is 12.8 Å². The maximum Gasteiger partial charge on any atom is 0.244 e. The number of nitrogen functional groups attached to an aromatic ring is 1. The molecular weight excluding hydrogens is 244 g/mol. The second-order valence-corrected chi connectivity index (χ2v) is 4.36. The zero-order valence-corrected chi connectivity index (χ0v) is 10.7. The summed E-state index contributed by atoms with van der Waals surface area (Å²) in [6.07, 6.45) is 1.66. The van der Waals surface area contributed by atoms with Crippen LogP contribution < -0.4 is 5.73 Å². The Morgan fingerprint density at radius 3 is 2.89 bits per heavy atom. The standard InChI is InChI=1S/C13H16N4O2/c1-16(8-10-3-2-4-11(18)7-10)13(19)9-17-6-5-12(14)15-17/h2-7,18H,8-9H2,1H3,(H2,14,15). The van der Waals surface area contributed by atoms with E-state index in [0.29, 0.717) is 12.4 Å². The van der Waals surface area contributed by atoms with E-state index in [9.17, 15) is 9.90 Å². The van der Waals surface area contributed by atoms with E-state index >= 15 is 0 Å². The number of aromatic nitrogens is 2. The molecule has 1 heterocycles. The molecule has 2 aromatic rings. The predicted molar refractivity (Wildman–Crippen MR) is 71.2 cm³/mol. The predicted octanol–water partition coefficient (Wildman–Crippen LogP) is 0.830. The van der Waals surface area contributed by atoms with Crippen LogP contribution in [0, 0.1) is 0 Å². The molecule has 0 bridgehead atoms. The van der Waals surface area contributed by atoms with Crippen LogP contribution in [0.4, 0.5) is 5.82 Å². The molecule has 1 amide bonds. The van der Waals surface area contributed by atoms with Crippen LogP contribution in [-0.4, -0.2) is 32.7 Å². The molecule has 0 radical (unpaired) electrons. The van der Waals surface area contributed by atoms with Gasteiger partial charge in [-0.2, -0.15) is 5.10 Å². The Balaban J connectivity index is 1.96. The molecule has 0 fully saturated rings. The number of amides is 1. The Kier molecular flexibility index (Phi) is 3.70. The van der Waals surface area contributed by atoms with Crippen molar-refractivity contribution >= 4 is 11.7 Å². The molecule has 6 nitrogen and oxygen atoms in total. The lowest BCUT2D eigenvalue weighted by Crippen LogP contribution is -2.29. The van der Waals surface area contributed by atoms with Crippen LogP contribution >= 0.6 is 0 Å². The topological polar surface area (TPSA) is 84.4 Å². The van der Waals surface area contributed by atoms with Gasteiger partial charge in [0.2, 0.25) is 5.91 Å². The highest BCUT2D eigenvalue weighted by Crippen LogP contribution is 2.12. The Hall–Kier alpha value is -2.50. The molecule has 19 heavy (non-hydrogen) atoms. The molecule has 1 aromatic heterocycles. The number of anilines is 1. The number of benzene rings is 1. The molecule has 0 saturated carbocycles. The molecule has 0 saturated heterocycles. The van der Waals surface area contributed by atoms with Gasteiger partial charge in [-0.1, -0.05) is 12.1 Å². The van der Waals surface area contributed by atoms with Crippen LogP contribution in [0.1, 0.15) is 5.56 Å². The molecule has 1 aromatic carbocycles. The van der Waals surface area contributed by atoms with Gasteiger partial charge < -0.3 is 15.7 Å². The van der Waals surface area contributed by atoms with Gasteiger partial charge in [0, 0.05) is 19.8 Å². The fourth-order valence-corrected chi connectivity index (χ4v) is 1.74. The summed E-state index contributed by atoms with van der Waals surface area (Å²) in [5.74, 6) is 0.507. The van der Waals surface area contributed by atoms with Crippen LogP contribution in [0.15, 0.2) is 36.5 Å². The van der Waals surface area contributed by atoms with Crippen molar-refractivity contribution in [3.05, 3.63) is 42.1 Å².